The average Bonchev–Trinajstić information content (AvgIpc) is 1.35. The van der Waals surface area contributed by atoms with E-state index in [4.69, 9.17) is 0 Å². The largest absolute Gasteiger partial charge is 2.00 e. The molecule has 0 spiro atoms. The number of hydrogen-bond acceptors (Lipinski definition) is 0. The molecule has 0 aliphatic heterocycles. The summed E-state index contributed by atoms with van der Waals surface area (Å²) in [6.45, 7) is 6.38. The third kappa shape index (κ3) is 26.5. The van der Waals surface area contributed by atoms with Gasteiger partial charge in [0.15, 0.2) is 0 Å². The van der Waals surface area contributed by atoms with E-state index in [0.717, 1.165) is 0 Å². The standard InChI is InChI=1S/C6H12.2BrH.Mg/c1-4-5-6(2)3;;;/h5H,4H2,1-3H3;2*1H;/q;;;+2/p-2. The summed E-state index contributed by atoms with van der Waals surface area (Å²) < 4.78 is 0. The Hall–Kier alpha value is 1.47. The molecule has 9 heavy (non-hydrogen) atoms. The molecule has 0 aromatic heterocycles. The van der Waals surface area contributed by atoms with E-state index in [-0.39, 0.29) is 57.0 Å². The number of halogens is 2. The van der Waals surface area contributed by atoms with Crippen LogP contribution < -0.4 is 34.0 Å². The minimum atomic E-state index is 0. The molecule has 0 aliphatic carbocycles. The molecular weight excluding hydrogens is 256 g/mol. The second-order valence-electron chi connectivity index (χ2n) is 1.69. The first-order valence-corrected chi connectivity index (χ1v) is 2.40. The molecule has 0 unspecified atom stereocenters. The molecule has 52 valence electrons. The van der Waals surface area contributed by atoms with Gasteiger partial charge in [-0.15, -0.1) is 0 Å². The molecule has 0 bridgehead atoms. The molecular formula is C6H12Br2Mg. The van der Waals surface area contributed by atoms with Gasteiger partial charge < -0.3 is 34.0 Å². The van der Waals surface area contributed by atoms with Gasteiger partial charge in [-0.05, 0) is 20.3 Å². The van der Waals surface area contributed by atoms with Gasteiger partial charge in [0.05, 0.1) is 0 Å². The summed E-state index contributed by atoms with van der Waals surface area (Å²) in [6.07, 6.45) is 3.38. The summed E-state index contributed by atoms with van der Waals surface area (Å²) in [5.41, 5.74) is 1.41. The van der Waals surface area contributed by atoms with E-state index in [9.17, 15) is 0 Å². The van der Waals surface area contributed by atoms with E-state index in [2.05, 4.69) is 26.8 Å². The Morgan fingerprint density at radius 2 is 1.56 bits per heavy atom. The monoisotopic (exact) mass is 266 g/mol. The molecule has 0 amide bonds. The van der Waals surface area contributed by atoms with Crippen LogP contribution in [0.5, 0.6) is 0 Å². The maximum Gasteiger partial charge on any atom is 2.00 e. The maximum absolute atomic E-state index is 2.21. The Labute approximate surface area is 95.2 Å². The van der Waals surface area contributed by atoms with Crippen molar-refractivity contribution in [2.45, 2.75) is 27.2 Å². The van der Waals surface area contributed by atoms with Crippen LogP contribution in [0.2, 0.25) is 0 Å². The van der Waals surface area contributed by atoms with E-state index in [1.54, 1.807) is 0 Å². The Bertz CT molecular complexity index is 58.1. The molecule has 0 rings (SSSR count). The van der Waals surface area contributed by atoms with Crippen molar-refractivity contribution >= 4 is 23.1 Å². The second kappa shape index (κ2) is 16.2. The van der Waals surface area contributed by atoms with Gasteiger partial charge in [0.25, 0.3) is 0 Å². The molecule has 0 heterocycles. The van der Waals surface area contributed by atoms with Crippen molar-refractivity contribution in [3.8, 4) is 0 Å². The van der Waals surface area contributed by atoms with Crippen LogP contribution in [0.3, 0.4) is 0 Å². The van der Waals surface area contributed by atoms with Crippen molar-refractivity contribution in [2.75, 3.05) is 0 Å². The van der Waals surface area contributed by atoms with E-state index in [0.29, 0.717) is 0 Å². The third-order valence-corrected chi connectivity index (χ3v) is 0.612. The van der Waals surface area contributed by atoms with Crippen molar-refractivity contribution in [1.82, 2.24) is 0 Å². The number of hydrogen-bond donors (Lipinski definition) is 0. The summed E-state index contributed by atoms with van der Waals surface area (Å²) in [5.74, 6) is 0. The van der Waals surface area contributed by atoms with Gasteiger partial charge >= 0.3 is 23.1 Å². The minimum absolute atomic E-state index is 0. The van der Waals surface area contributed by atoms with Crippen molar-refractivity contribution in [3.63, 3.8) is 0 Å². The summed E-state index contributed by atoms with van der Waals surface area (Å²) in [6, 6.07) is 0. The summed E-state index contributed by atoms with van der Waals surface area (Å²) in [5, 5.41) is 0. The number of rotatable bonds is 1. The molecule has 0 fully saturated rings. The van der Waals surface area contributed by atoms with Crippen molar-refractivity contribution < 1.29 is 34.0 Å². The molecule has 0 N–H and O–H groups in total. The van der Waals surface area contributed by atoms with Crippen LogP contribution in [-0.4, -0.2) is 23.1 Å². The fraction of sp³-hybridized carbons (Fsp3) is 0.667. The van der Waals surface area contributed by atoms with Crippen LogP contribution in [0.15, 0.2) is 11.6 Å². The van der Waals surface area contributed by atoms with Crippen LogP contribution in [0, 0.1) is 0 Å². The van der Waals surface area contributed by atoms with Crippen molar-refractivity contribution in [3.05, 3.63) is 11.6 Å². The predicted octanol–water partition coefficient (Wildman–Crippen LogP) is -4.01. The van der Waals surface area contributed by atoms with Crippen LogP contribution in [-0.2, 0) is 0 Å². The summed E-state index contributed by atoms with van der Waals surface area (Å²) in [4.78, 5) is 0. The third-order valence-electron chi connectivity index (χ3n) is 0.612. The van der Waals surface area contributed by atoms with Gasteiger partial charge in [0.2, 0.25) is 0 Å². The Morgan fingerprint density at radius 3 is 1.56 bits per heavy atom. The molecule has 0 saturated heterocycles. The Balaban J connectivity index is -0.0000000417. The van der Waals surface area contributed by atoms with E-state index in [1.807, 2.05) is 0 Å². The summed E-state index contributed by atoms with van der Waals surface area (Å²) >= 11 is 0. The molecule has 0 aliphatic rings. The molecule has 0 aromatic carbocycles. The maximum atomic E-state index is 2.21. The topological polar surface area (TPSA) is 0 Å². The van der Waals surface area contributed by atoms with Gasteiger partial charge in [-0.3, -0.25) is 0 Å². The molecule has 0 aromatic rings. The molecule has 0 saturated carbocycles. The predicted molar refractivity (Wildman–Crippen MR) is 35.5 cm³/mol. The summed E-state index contributed by atoms with van der Waals surface area (Å²) in [7, 11) is 0. The molecule has 0 atom stereocenters. The van der Waals surface area contributed by atoms with Gasteiger partial charge in [0.1, 0.15) is 0 Å². The van der Waals surface area contributed by atoms with Crippen LogP contribution in [0.4, 0.5) is 0 Å². The normalized spacial score (nSPS) is 5.22. The fourth-order valence-electron chi connectivity index (χ4n) is 0.408. The van der Waals surface area contributed by atoms with Gasteiger partial charge in [-0.1, -0.05) is 18.6 Å². The first-order chi connectivity index (χ1) is 2.77. The van der Waals surface area contributed by atoms with Crippen LogP contribution in [0.1, 0.15) is 27.2 Å². The second-order valence-corrected chi connectivity index (χ2v) is 1.69. The zero-order valence-corrected chi connectivity index (χ0v) is 10.8. The fourth-order valence-corrected chi connectivity index (χ4v) is 0.408. The minimum Gasteiger partial charge on any atom is -1.00 e. The Kier molecular flexibility index (Phi) is 40.4. The number of allylic oxidation sites excluding steroid dienone is 2. The van der Waals surface area contributed by atoms with Gasteiger partial charge in [-0.2, -0.15) is 0 Å². The van der Waals surface area contributed by atoms with Crippen molar-refractivity contribution in [2.24, 2.45) is 0 Å². The van der Waals surface area contributed by atoms with Gasteiger partial charge in [0, 0.05) is 0 Å². The average molecular weight is 268 g/mol. The Morgan fingerprint density at radius 1 is 1.22 bits per heavy atom. The molecule has 0 radical (unpaired) electrons. The first-order valence-electron chi connectivity index (χ1n) is 2.40. The molecule has 0 nitrogen and oxygen atoms in total. The van der Waals surface area contributed by atoms with Crippen LogP contribution in [0.25, 0.3) is 0 Å². The zero-order chi connectivity index (χ0) is 4.99. The zero-order valence-electron chi connectivity index (χ0n) is 6.25. The SMILES string of the molecule is CCC=C(C)C.[Br-].[Br-].[Mg+2]. The van der Waals surface area contributed by atoms with Gasteiger partial charge in [-0.25, -0.2) is 0 Å². The van der Waals surface area contributed by atoms with E-state index in [1.165, 1.54) is 12.0 Å². The van der Waals surface area contributed by atoms with E-state index < -0.39 is 0 Å². The van der Waals surface area contributed by atoms with Crippen LogP contribution >= 0.6 is 0 Å². The first kappa shape index (κ1) is 22.4. The molecule has 3 heteroatoms. The van der Waals surface area contributed by atoms with E-state index >= 15 is 0 Å². The quantitative estimate of drug-likeness (QED) is 0.336. The smallest absolute Gasteiger partial charge is 1.00 e. The van der Waals surface area contributed by atoms with Crippen molar-refractivity contribution in [1.29, 1.82) is 0 Å².